The number of hydrogen-bond acceptors (Lipinski definition) is 2. The summed E-state index contributed by atoms with van der Waals surface area (Å²) in [4.78, 5) is 13.4. The van der Waals surface area contributed by atoms with E-state index in [1.165, 1.54) is 0 Å². The Labute approximate surface area is 107 Å². The molecular weight excluding hydrogens is 224 g/mol. The average molecular weight is 240 g/mol. The van der Waals surface area contributed by atoms with Crippen molar-refractivity contribution in [3.63, 3.8) is 0 Å². The van der Waals surface area contributed by atoms with Crippen LogP contribution in [-0.2, 0) is 0 Å². The van der Waals surface area contributed by atoms with Crippen LogP contribution in [0.15, 0.2) is 48.5 Å². The second-order valence-electron chi connectivity index (χ2n) is 4.35. The number of carbonyl (C=O) groups excluding carboxylic acids is 1. The summed E-state index contributed by atoms with van der Waals surface area (Å²) in [6, 6.07) is 15.4. The number of hydrogen-bond donors (Lipinski definition) is 1. The summed E-state index contributed by atoms with van der Waals surface area (Å²) in [7, 11) is 3.98. The van der Waals surface area contributed by atoms with Crippen LogP contribution in [0, 0.1) is 0 Å². The lowest BCUT2D eigenvalue weighted by Gasteiger charge is -2.13. The lowest BCUT2D eigenvalue weighted by Crippen LogP contribution is -2.12. The van der Waals surface area contributed by atoms with Crippen molar-refractivity contribution in [2.24, 2.45) is 5.73 Å². The summed E-state index contributed by atoms with van der Waals surface area (Å²) in [6.45, 7) is 0. The number of benzene rings is 2. The summed E-state index contributed by atoms with van der Waals surface area (Å²) in [6.07, 6.45) is 0. The van der Waals surface area contributed by atoms with Crippen molar-refractivity contribution in [1.82, 2.24) is 0 Å². The fourth-order valence-electron chi connectivity index (χ4n) is 1.89. The molecule has 0 saturated heterocycles. The number of primary amides is 1. The summed E-state index contributed by atoms with van der Waals surface area (Å²) in [5.41, 5.74) is 8.92. The molecule has 0 bridgehead atoms. The Hall–Kier alpha value is -2.29. The van der Waals surface area contributed by atoms with Crippen molar-refractivity contribution in [3.05, 3.63) is 54.1 Å². The number of carbonyl (C=O) groups is 1. The van der Waals surface area contributed by atoms with E-state index in [1.54, 1.807) is 6.07 Å². The Balaban J connectivity index is 2.46. The largest absolute Gasteiger partial charge is 0.378 e. The van der Waals surface area contributed by atoms with Crippen molar-refractivity contribution in [2.45, 2.75) is 0 Å². The van der Waals surface area contributed by atoms with E-state index in [1.807, 2.05) is 61.5 Å². The maximum absolute atomic E-state index is 11.4. The van der Waals surface area contributed by atoms with Gasteiger partial charge in [-0.3, -0.25) is 4.79 Å². The Kier molecular flexibility index (Phi) is 3.33. The van der Waals surface area contributed by atoms with Gasteiger partial charge in [-0.05, 0) is 29.3 Å². The highest BCUT2D eigenvalue weighted by Crippen LogP contribution is 2.25. The highest BCUT2D eigenvalue weighted by atomic mass is 16.1. The first-order valence-electron chi connectivity index (χ1n) is 5.76. The molecule has 3 nitrogen and oxygen atoms in total. The predicted octanol–water partition coefficient (Wildman–Crippen LogP) is 2.52. The molecule has 0 radical (unpaired) electrons. The van der Waals surface area contributed by atoms with E-state index < -0.39 is 5.91 Å². The lowest BCUT2D eigenvalue weighted by molar-refractivity contribution is 0.100. The van der Waals surface area contributed by atoms with Gasteiger partial charge < -0.3 is 10.6 Å². The van der Waals surface area contributed by atoms with Crippen LogP contribution in [0.2, 0.25) is 0 Å². The highest BCUT2D eigenvalue weighted by molar-refractivity contribution is 5.99. The van der Waals surface area contributed by atoms with Crippen LogP contribution in [0.5, 0.6) is 0 Å². The third-order valence-electron chi connectivity index (χ3n) is 2.89. The van der Waals surface area contributed by atoms with E-state index in [4.69, 9.17) is 5.73 Å². The van der Waals surface area contributed by atoms with E-state index in [-0.39, 0.29) is 0 Å². The van der Waals surface area contributed by atoms with Crippen LogP contribution in [-0.4, -0.2) is 20.0 Å². The van der Waals surface area contributed by atoms with Crippen molar-refractivity contribution in [2.75, 3.05) is 19.0 Å². The molecule has 2 aromatic rings. The van der Waals surface area contributed by atoms with Gasteiger partial charge in [-0.2, -0.15) is 0 Å². The summed E-state index contributed by atoms with van der Waals surface area (Å²) in [5.74, 6) is -0.401. The molecule has 0 heterocycles. The van der Waals surface area contributed by atoms with E-state index in [9.17, 15) is 4.79 Å². The molecule has 0 aromatic heterocycles. The van der Waals surface area contributed by atoms with Crippen molar-refractivity contribution in [3.8, 4) is 11.1 Å². The van der Waals surface area contributed by atoms with Crippen LogP contribution in [0.25, 0.3) is 11.1 Å². The summed E-state index contributed by atoms with van der Waals surface area (Å²) >= 11 is 0. The molecule has 2 aromatic carbocycles. The first-order valence-corrected chi connectivity index (χ1v) is 5.76. The predicted molar refractivity (Wildman–Crippen MR) is 74.7 cm³/mol. The Morgan fingerprint density at radius 2 is 1.61 bits per heavy atom. The molecule has 0 atom stereocenters. The van der Waals surface area contributed by atoms with E-state index >= 15 is 0 Å². The molecule has 0 unspecified atom stereocenters. The Bertz CT molecular complexity index is 559. The van der Waals surface area contributed by atoms with E-state index in [2.05, 4.69) is 0 Å². The van der Waals surface area contributed by atoms with Crippen LogP contribution >= 0.6 is 0 Å². The molecule has 0 fully saturated rings. The zero-order valence-electron chi connectivity index (χ0n) is 10.6. The van der Waals surface area contributed by atoms with E-state index in [0.29, 0.717) is 5.56 Å². The smallest absolute Gasteiger partial charge is 0.249 e. The van der Waals surface area contributed by atoms with Gasteiger partial charge in [0.2, 0.25) is 5.91 Å². The SMILES string of the molecule is CN(C)c1ccc(-c2ccccc2C(N)=O)cc1. The maximum Gasteiger partial charge on any atom is 0.249 e. The molecule has 2 N–H and O–H groups in total. The van der Waals surface area contributed by atoms with Gasteiger partial charge in [0.05, 0.1) is 0 Å². The highest BCUT2D eigenvalue weighted by Gasteiger charge is 2.08. The minimum absolute atomic E-state index is 0.401. The van der Waals surface area contributed by atoms with Crippen LogP contribution in [0.1, 0.15) is 10.4 Å². The van der Waals surface area contributed by atoms with Gasteiger partial charge in [0.25, 0.3) is 0 Å². The fourth-order valence-corrected chi connectivity index (χ4v) is 1.89. The topological polar surface area (TPSA) is 46.3 Å². The second kappa shape index (κ2) is 4.92. The average Bonchev–Trinajstić information content (AvgIpc) is 2.39. The number of amides is 1. The van der Waals surface area contributed by atoms with Gasteiger partial charge in [0, 0.05) is 25.3 Å². The third kappa shape index (κ3) is 2.35. The van der Waals surface area contributed by atoms with Gasteiger partial charge in [-0.15, -0.1) is 0 Å². The van der Waals surface area contributed by atoms with Crippen molar-refractivity contribution in [1.29, 1.82) is 0 Å². The number of rotatable bonds is 3. The summed E-state index contributed by atoms with van der Waals surface area (Å²) in [5, 5.41) is 0. The van der Waals surface area contributed by atoms with Gasteiger partial charge >= 0.3 is 0 Å². The van der Waals surface area contributed by atoms with Crippen molar-refractivity contribution < 1.29 is 4.79 Å². The van der Waals surface area contributed by atoms with Crippen LogP contribution < -0.4 is 10.6 Å². The fraction of sp³-hybridized carbons (Fsp3) is 0.133. The second-order valence-corrected chi connectivity index (χ2v) is 4.35. The van der Waals surface area contributed by atoms with Gasteiger partial charge in [-0.1, -0.05) is 30.3 Å². The zero-order valence-corrected chi connectivity index (χ0v) is 10.6. The van der Waals surface area contributed by atoms with Gasteiger partial charge in [0.15, 0.2) is 0 Å². The zero-order chi connectivity index (χ0) is 13.1. The molecule has 3 heteroatoms. The lowest BCUT2D eigenvalue weighted by atomic mass is 9.99. The number of nitrogens with two attached hydrogens (primary N) is 1. The first-order chi connectivity index (χ1) is 8.59. The molecule has 92 valence electrons. The monoisotopic (exact) mass is 240 g/mol. The van der Waals surface area contributed by atoms with Crippen molar-refractivity contribution >= 4 is 11.6 Å². The summed E-state index contributed by atoms with van der Waals surface area (Å²) < 4.78 is 0. The molecule has 0 saturated carbocycles. The molecular formula is C15H16N2O. The minimum atomic E-state index is -0.401. The molecule has 1 amide bonds. The van der Waals surface area contributed by atoms with E-state index in [0.717, 1.165) is 16.8 Å². The Morgan fingerprint density at radius 3 is 2.17 bits per heavy atom. The standard InChI is InChI=1S/C15H16N2O/c1-17(2)12-9-7-11(8-10-12)13-5-3-4-6-14(13)15(16)18/h3-10H,1-2H3,(H2,16,18). The Morgan fingerprint density at radius 1 is 1.00 bits per heavy atom. The molecule has 2 rings (SSSR count). The number of anilines is 1. The first kappa shape index (κ1) is 12.2. The van der Waals surface area contributed by atoms with Crippen LogP contribution in [0.3, 0.4) is 0 Å². The molecule has 0 spiro atoms. The normalized spacial score (nSPS) is 10.1. The third-order valence-corrected chi connectivity index (χ3v) is 2.89. The molecule has 0 aliphatic rings. The molecule has 0 aliphatic heterocycles. The molecule has 18 heavy (non-hydrogen) atoms. The molecule has 0 aliphatic carbocycles. The van der Waals surface area contributed by atoms with Gasteiger partial charge in [0.1, 0.15) is 0 Å². The van der Waals surface area contributed by atoms with Gasteiger partial charge in [-0.25, -0.2) is 0 Å². The maximum atomic E-state index is 11.4. The minimum Gasteiger partial charge on any atom is -0.378 e. The van der Waals surface area contributed by atoms with Crippen LogP contribution in [0.4, 0.5) is 5.69 Å². The number of nitrogens with zero attached hydrogens (tertiary/aromatic N) is 1. The quantitative estimate of drug-likeness (QED) is 0.896.